The summed E-state index contributed by atoms with van der Waals surface area (Å²) in [6, 6.07) is 6.41. The van der Waals surface area contributed by atoms with E-state index in [0.717, 1.165) is 6.42 Å². The number of ether oxygens (including phenoxy) is 1. The van der Waals surface area contributed by atoms with Crippen LogP contribution in [-0.2, 0) is 9.53 Å². The van der Waals surface area contributed by atoms with Crippen molar-refractivity contribution in [2.75, 3.05) is 25.5 Å². The molecule has 110 valence electrons. The van der Waals surface area contributed by atoms with Gasteiger partial charge in [-0.15, -0.1) is 0 Å². The number of nitrogens with one attached hydrogen (secondary N) is 2. The van der Waals surface area contributed by atoms with E-state index >= 15 is 0 Å². The van der Waals surface area contributed by atoms with Gasteiger partial charge in [0.2, 0.25) is 0 Å². The fourth-order valence-electron chi connectivity index (χ4n) is 2.90. The average molecular weight is 280 g/mol. The molecule has 1 saturated heterocycles. The Hall–Kier alpha value is -1.62. The van der Waals surface area contributed by atoms with E-state index in [1.807, 2.05) is 6.92 Å². The molecule has 20 heavy (non-hydrogen) atoms. The summed E-state index contributed by atoms with van der Waals surface area (Å²) in [5.41, 5.74) is -0.519. The van der Waals surface area contributed by atoms with Crippen LogP contribution in [0.1, 0.15) is 19.8 Å². The van der Waals surface area contributed by atoms with Gasteiger partial charge in [0, 0.05) is 12.5 Å². The summed E-state index contributed by atoms with van der Waals surface area (Å²) in [4.78, 5) is 12.3. The molecule has 2 unspecified atom stereocenters. The number of carbonyl (C=O) groups excluding carboxylic acids is 1. The number of halogens is 1. The molecule has 0 amide bonds. The van der Waals surface area contributed by atoms with Crippen LogP contribution in [0.4, 0.5) is 10.1 Å². The van der Waals surface area contributed by atoms with E-state index in [9.17, 15) is 9.18 Å². The predicted molar refractivity (Wildman–Crippen MR) is 76.0 cm³/mol. The Morgan fingerprint density at radius 1 is 1.55 bits per heavy atom. The molecular formula is C15H21FN2O2. The van der Waals surface area contributed by atoms with Crippen molar-refractivity contribution in [3.8, 4) is 0 Å². The summed E-state index contributed by atoms with van der Waals surface area (Å²) in [7, 11) is 1.38. The molecule has 2 atom stereocenters. The fraction of sp³-hybridized carbons (Fsp3) is 0.533. The molecule has 1 aromatic rings. The number of esters is 1. The van der Waals surface area contributed by atoms with Crippen molar-refractivity contribution in [1.29, 1.82) is 0 Å². The lowest BCUT2D eigenvalue weighted by Crippen LogP contribution is -2.60. The molecule has 1 fully saturated rings. The van der Waals surface area contributed by atoms with Crippen molar-refractivity contribution >= 4 is 11.7 Å². The SMILES string of the molecule is CCC1CNCCC1(Nc1ccccc1F)C(=O)OC. The van der Waals surface area contributed by atoms with Crippen LogP contribution in [0.3, 0.4) is 0 Å². The van der Waals surface area contributed by atoms with Crippen LogP contribution < -0.4 is 10.6 Å². The second kappa shape index (κ2) is 6.22. The zero-order valence-corrected chi connectivity index (χ0v) is 11.9. The summed E-state index contributed by atoms with van der Waals surface area (Å²) in [5, 5.41) is 6.40. The minimum absolute atomic E-state index is 0.0586. The van der Waals surface area contributed by atoms with Crippen LogP contribution in [0.2, 0.25) is 0 Å². The highest BCUT2D eigenvalue weighted by molar-refractivity contribution is 5.85. The van der Waals surface area contributed by atoms with Crippen molar-refractivity contribution in [3.63, 3.8) is 0 Å². The molecule has 0 saturated carbocycles. The van der Waals surface area contributed by atoms with Crippen LogP contribution in [0.15, 0.2) is 24.3 Å². The largest absolute Gasteiger partial charge is 0.467 e. The van der Waals surface area contributed by atoms with Gasteiger partial charge in [-0.25, -0.2) is 9.18 Å². The quantitative estimate of drug-likeness (QED) is 0.830. The smallest absolute Gasteiger partial charge is 0.331 e. The fourth-order valence-corrected chi connectivity index (χ4v) is 2.90. The number of benzene rings is 1. The zero-order chi connectivity index (χ0) is 14.6. The van der Waals surface area contributed by atoms with Gasteiger partial charge in [-0.1, -0.05) is 19.1 Å². The van der Waals surface area contributed by atoms with Crippen molar-refractivity contribution < 1.29 is 13.9 Å². The highest BCUT2D eigenvalue weighted by Crippen LogP contribution is 2.33. The first kappa shape index (κ1) is 14.8. The summed E-state index contributed by atoms with van der Waals surface area (Å²) in [6.45, 7) is 3.44. The minimum Gasteiger partial charge on any atom is -0.467 e. The highest BCUT2D eigenvalue weighted by atomic mass is 19.1. The maximum atomic E-state index is 13.9. The van der Waals surface area contributed by atoms with Crippen molar-refractivity contribution in [2.45, 2.75) is 25.3 Å². The van der Waals surface area contributed by atoms with Crippen LogP contribution in [-0.4, -0.2) is 31.7 Å². The minimum atomic E-state index is -0.864. The van der Waals surface area contributed by atoms with E-state index in [-0.39, 0.29) is 17.7 Å². The number of carbonyl (C=O) groups is 1. The van der Waals surface area contributed by atoms with Crippen molar-refractivity contribution in [1.82, 2.24) is 5.32 Å². The number of methoxy groups -OCH3 is 1. The Morgan fingerprint density at radius 2 is 2.30 bits per heavy atom. The monoisotopic (exact) mass is 280 g/mol. The standard InChI is InChI=1S/C15H21FN2O2/c1-3-11-10-17-9-8-15(11,14(19)20-2)18-13-7-5-4-6-12(13)16/h4-7,11,17-18H,3,8-10H2,1-2H3. The van der Waals surface area contributed by atoms with E-state index in [2.05, 4.69) is 10.6 Å². The first-order chi connectivity index (χ1) is 9.64. The molecule has 0 bridgehead atoms. The first-order valence-corrected chi connectivity index (χ1v) is 6.96. The van der Waals surface area contributed by atoms with Crippen LogP contribution in [0, 0.1) is 11.7 Å². The number of hydrogen-bond acceptors (Lipinski definition) is 4. The van der Waals surface area contributed by atoms with Crippen molar-refractivity contribution in [2.24, 2.45) is 5.92 Å². The molecule has 2 N–H and O–H groups in total. The maximum Gasteiger partial charge on any atom is 0.331 e. The third-order valence-corrected chi connectivity index (χ3v) is 4.06. The molecule has 0 aliphatic carbocycles. The zero-order valence-electron chi connectivity index (χ0n) is 11.9. The Kier molecular flexibility index (Phi) is 4.60. The Balaban J connectivity index is 2.36. The second-order valence-electron chi connectivity index (χ2n) is 5.13. The molecule has 1 heterocycles. The molecule has 1 aliphatic heterocycles. The summed E-state index contributed by atoms with van der Waals surface area (Å²) < 4.78 is 18.9. The van der Waals surface area contributed by atoms with E-state index < -0.39 is 5.54 Å². The molecule has 5 heteroatoms. The van der Waals surface area contributed by atoms with Gasteiger partial charge in [0.05, 0.1) is 12.8 Å². The van der Waals surface area contributed by atoms with Gasteiger partial charge in [0.25, 0.3) is 0 Å². The molecule has 1 aliphatic rings. The van der Waals surface area contributed by atoms with E-state index in [1.165, 1.54) is 13.2 Å². The number of piperidine rings is 1. The molecule has 0 radical (unpaired) electrons. The van der Waals surface area contributed by atoms with Crippen LogP contribution in [0.25, 0.3) is 0 Å². The molecule has 0 spiro atoms. The van der Waals surface area contributed by atoms with Gasteiger partial charge in [-0.05, 0) is 31.5 Å². The van der Waals surface area contributed by atoms with Gasteiger partial charge >= 0.3 is 5.97 Å². The predicted octanol–water partition coefficient (Wildman–Crippen LogP) is 2.17. The number of para-hydroxylation sites is 1. The lowest BCUT2D eigenvalue weighted by atomic mass is 9.76. The van der Waals surface area contributed by atoms with Gasteiger partial charge in [0.1, 0.15) is 11.4 Å². The maximum absolute atomic E-state index is 13.9. The van der Waals surface area contributed by atoms with Gasteiger partial charge in [-0.3, -0.25) is 0 Å². The van der Waals surface area contributed by atoms with Crippen LogP contribution >= 0.6 is 0 Å². The number of anilines is 1. The second-order valence-corrected chi connectivity index (χ2v) is 5.13. The van der Waals surface area contributed by atoms with Gasteiger partial charge in [0.15, 0.2) is 0 Å². The molecule has 4 nitrogen and oxygen atoms in total. The van der Waals surface area contributed by atoms with E-state index in [0.29, 0.717) is 25.2 Å². The van der Waals surface area contributed by atoms with Crippen LogP contribution in [0.5, 0.6) is 0 Å². The normalized spacial score (nSPS) is 26.1. The molecule has 0 aromatic heterocycles. The Bertz CT molecular complexity index is 481. The molecular weight excluding hydrogens is 259 g/mol. The highest BCUT2D eigenvalue weighted by Gasteiger charge is 2.47. The Morgan fingerprint density at radius 3 is 2.95 bits per heavy atom. The number of rotatable bonds is 4. The lowest BCUT2D eigenvalue weighted by molar-refractivity contribution is -0.149. The van der Waals surface area contributed by atoms with E-state index in [1.54, 1.807) is 18.2 Å². The lowest BCUT2D eigenvalue weighted by Gasteiger charge is -2.43. The number of hydrogen-bond donors (Lipinski definition) is 2. The summed E-state index contributed by atoms with van der Waals surface area (Å²) >= 11 is 0. The molecule has 2 rings (SSSR count). The molecule has 1 aromatic carbocycles. The van der Waals surface area contributed by atoms with Gasteiger partial charge < -0.3 is 15.4 Å². The third kappa shape index (κ3) is 2.63. The topological polar surface area (TPSA) is 50.4 Å². The van der Waals surface area contributed by atoms with Gasteiger partial charge in [-0.2, -0.15) is 0 Å². The third-order valence-electron chi connectivity index (χ3n) is 4.06. The van der Waals surface area contributed by atoms with E-state index in [4.69, 9.17) is 4.74 Å². The summed E-state index contributed by atoms with van der Waals surface area (Å²) in [5.74, 6) is -0.624. The summed E-state index contributed by atoms with van der Waals surface area (Å²) in [6.07, 6.45) is 1.38. The average Bonchev–Trinajstić information content (AvgIpc) is 2.49. The Labute approximate surface area is 118 Å². The first-order valence-electron chi connectivity index (χ1n) is 6.96. The van der Waals surface area contributed by atoms with Crippen molar-refractivity contribution in [3.05, 3.63) is 30.1 Å².